The molecule has 0 spiro atoms. The van der Waals surface area contributed by atoms with Crippen LogP contribution in [0.15, 0.2) is 72.8 Å². The van der Waals surface area contributed by atoms with E-state index in [-0.39, 0.29) is 17.9 Å². The van der Waals surface area contributed by atoms with Gasteiger partial charge in [-0.25, -0.2) is 0 Å². The average Bonchev–Trinajstić information content (AvgIpc) is 2.68. The minimum Gasteiger partial charge on any atom is -0.491 e. The van der Waals surface area contributed by atoms with E-state index < -0.39 is 0 Å². The summed E-state index contributed by atoms with van der Waals surface area (Å²) in [6.45, 7) is 5.83. The third-order valence-electron chi connectivity index (χ3n) is 4.13. The molecule has 0 aromatic heterocycles. The van der Waals surface area contributed by atoms with Gasteiger partial charge in [-0.1, -0.05) is 24.3 Å². The van der Waals surface area contributed by atoms with Crippen molar-refractivity contribution in [3.63, 3.8) is 0 Å². The molecule has 5 nitrogen and oxygen atoms in total. The van der Waals surface area contributed by atoms with Crippen molar-refractivity contribution in [1.82, 2.24) is 0 Å². The van der Waals surface area contributed by atoms with E-state index in [4.69, 9.17) is 4.74 Å². The van der Waals surface area contributed by atoms with Crippen molar-refractivity contribution in [2.45, 2.75) is 26.9 Å². The third-order valence-corrected chi connectivity index (χ3v) is 4.13. The maximum atomic E-state index is 12.6. The van der Waals surface area contributed by atoms with E-state index >= 15 is 0 Å². The van der Waals surface area contributed by atoms with Crippen molar-refractivity contribution in [2.24, 2.45) is 0 Å². The SMILES string of the molecule is Cc1cccc(NC(=O)c2cccc(NC(=O)c3cccc(OC(C)C)c3)c2)c1. The average molecular weight is 388 g/mol. The molecule has 3 aromatic carbocycles. The number of nitrogens with one attached hydrogen (secondary N) is 2. The molecular formula is C24H24N2O3. The molecule has 3 rings (SSSR count). The maximum absolute atomic E-state index is 12.6. The molecule has 0 saturated carbocycles. The van der Waals surface area contributed by atoms with Crippen molar-refractivity contribution in [1.29, 1.82) is 0 Å². The van der Waals surface area contributed by atoms with Crippen LogP contribution < -0.4 is 15.4 Å². The predicted molar refractivity (Wildman–Crippen MR) is 116 cm³/mol. The molecule has 3 aromatic rings. The second-order valence-corrected chi connectivity index (χ2v) is 7.05. The van der Waals surface area contributed by atoms with Crippen LogP contribution in [0.5, 0.6) is 5.75 Å². The van der Waals surface area contributed by atoms with Crippen LogP contribution in [0.3, 0.4) is 0 Å². The predicted octanol–water partition coefficient (Wildman–Crippen LogP) is 5.29. The van der Waals surface area contributed by atoms with Crippen LogP contribution >= 0.6 is 0 Å². The number of benzene rings is 3. The van der Waals surface area contributed by atoms with Gasteiger partial charge in [-0.05, 0) is 74.9 Å². The first-order valence-corrected chi connectivity index (χ1v) is 9.47. The van der Waals surface area contributed by atoms with E-state index in [1.54, 1.807) is 42.5 Å². The van der Waals surface area contributed by atoms with E-state index in [2.05, 4.69) is 10.6 Å². The minimum absolute atomic E-state index is 0.0249. The number of ether oxygens (including phenoxy) is 1. The number of carbonyl (C=O) groups excluding carboxylic acids is 2. The minimum atomic E-state index is -0.268. The second kappa shape index (κ2) is 9.06. The first-order chi connectivity index (χ1) is 13.9. The van der Waals surface area contributed by atoms with Gasteiger partial charge >= 0.3 is 0 Å². The lowest BCUT2D eigenvalue weighted by Gasteiger charge is -2.11. The quantitative estimate of drug-likeness (QED) is 0.603. The fraction of sp³-hybridized carbons (Fsp3) is 0.167. The monoisotopic (exact) mass is 388 g/mol. The van der Waals surface area contributed by atoms with E-state index in [9.17, 15) is 9.59 Å². The summed E-state index contributed by atoms with van der Waals surface area (Å²) in [5, 5.41) is 5.70. The highest BCUT2D eigenvalue weighted by atomic mass is 16.5. The Morgan fingerprint density at radius 3 is 1.93 bits per heavy atom. The Morgan fingerprint density at radius 1 is 0.759 bits per heavy atom. The van der Waals surface area contributed by atoms with Gasteiger partial charge in [-0.2, -0.15) is 0 Å². The molecule has 0 unspecified atom stereocenters. The Labute approximate surface area is 170 Å². The zero-order valence-electron chi connectivity index (χ0n) is 16.7. The molecular weight excluding hydrogens is 364 g/mol. The standard InChI is InChI=1S/C24H24N2O3/c1-16(2)29-22-12-6-9-19(15-22)24(28)26-21-11-5-8-18(14-21)23(27)25-20-10-4-7-17(3)13-20/h4-16H,1-3H3,(H,25,27)(H,26,28). The van der Waals surface area contributed by atoms with Gasteiger partial charge in [0.15, 0.2) is 0 Å². The molecule has 0 atom stereocenters. The molecule has 2 amide bonds. The molecule has 0 aliphatic heterocycles. The van der Waals surface area contributed by atoms with Crippen molar-refractivity contribution in [2.75, 3.05) is 10.6 Å². The van der Waals surface area contributed by atoms with Crippen LogP contribution in [0.1, 0.15) is 40.1 Å². The highest BCUT2D eigenvalue weighted by molar-refractivity contribution is 6.07. The number of rotatable bonds is 6. The lowest BCUT2D eigenvalue weighted by atomic mass is 10.1. The molecule has 0 heterocycles. The van der Waals surface area contributed by atoms with Crippen molar-refractivity contribution >= 4 is 23.2 Å². The molecule has 2 N–H and O–H groups in total. The Kier molecular flexibility index (Phi) is 6.29. The van der Waals surface area contributed by atoms with Gasteiger partial charge in [0.1, 0.15) is 5.75 Å². The number of hydrogen-bond donors (Lipinski definition) is 2. The summed E-state index contributed by atoms with van der Waals surface area (Å²) in [6, 6.07) is 21.4. The smallest absolute Gasteiger partial charge is 0.255 e. The van der Waals surface area contributed by atoms with Gasteiger partial charge in [-0.3, -0.25) is 9.59 Å². The highest BCUT2D eigenvalue weighted by Crippen LogP contribution is 2.18. The summed E-state index contributed by atoms with van der Waals surface area (Å²) >= 11 is 0. The van der Waals surface area contributed by atoms with Crippen LogP contribution in [0.25, 0.3) is 0 Å². The molecule has 29 heavy (non-hydrogen) atoms. The van der Waals surface area contributed by atoms with Crippen LogP contribution in [-0.2, 0) is 0 Å². The fourth-order valence-electron chi connectivity index (χ4n) is 2.85. The van der Waals surface area contributed by atoms with E-state index in [0.29, 0.717) is 22.6 Å². The maximum Gasteiger partial charge on any atom is 0.255 e. The molecule has 0 aliphatic carbocycles. The number of amides is 2. The fourth-order valence-corrected chi connectivity index (χ4v) is 2.85. The molecule has 0 fully saturated rings. The molecule has 0 aliphatic rings. The van der Waals surface area contributed by atoms with Gasteiger partial charge in [0, 0.05) is 22.5 Å². The second-order valence-electron chi connectivity index (χ2n) is 7.05. The number of hydrogen-bond acceptors (Lipinski definition) is 3. The van der Waals surface area contributed by atoms with Gasteiger partial charge < -0.3 is 15.4 Å². The van der Waals surface area contributed by atoms with Crippen LogP contribution in [0, 0.1) is 6.92 Å². The number of anilines is 2. The van der Waals surface area contributed by atoms with Crippen molar-refractivity contribution in [3.05, 3.63) is 89.5 Å². The van der Waals surface area contributed by atoms with Crippen LogP contribution in [0.4, 0.5) is 11.4 Å². The van der Waals surface area contributed by atoms with Gasteiger partial charge in [0.05, 0.1) is 6.10 Å². The summed E-state index contributed by atoms with van der Waals surface area (Å²) < 4.78 is 5.64. The Balaban J connectivity index is 1.71. The summed E-state index contributed by atoms with van der Waals surface area (Å²) in [7, 11) is 0. The summed E-state index contributed by atoms with van der Waals surface area (Å²) in [5.41, 5.74) is 3.28. The first-order valence-electron chi connectivity index (χ1n) is 9.47. The Hall–Kier alpha value is -3.60. The number of carbonyl (C=O) groups is 2. The van der Waals surface area contributed by atoms with E-state index in [0.717, 1.165) is 11.3 Å². The normalized spacial score (nSPS) is 10.5. The van der Waals surface area contributed by atoms with Crippen LogP contribution in [0.2, 0.25) is 0 Å². The summed E-state index contributed by atoms with van der Waals surface area (Å²) in [5.74, 6) is 0.133. The lowest BCUT2D eigenvalue weighted by Crippen LogP contribution is -2.15. The van der Waals surface area contributed by atoms with Gasteiger partial charge in [0.25, 0.3) is 11.8 Å². The third kappa shape index (κ3) is 5.69. The first kappa shape index (κ1) is 20.1. The zero-order chi connectivity index (χ0) is 20.8. The highest BCUT2D eigenvalue weighted by Gasteiger charge is 2.11. The van der Waals surface area contributed by atoms with Gasteiger partial charge in [0.2, 0.25) is 0 Å². The van der Waals surface area contributed by atoms with E-state index in [1.807, 2.05) is 51.1 Å². The van der Waals surface area contributed by atoms with Crippen molar-refractivity contribution < 1.29 is 14.3 Å². The zero-order valence-corrected chi connectivity index (χ0v) is 16.7. The van der Waals surface area contributed by atoms with Gasteiger partial charge in [-0.15, -0.1) is 0 Å². The van der Waals surface area contributed by atoms with E-state index in [1.165, 1.54) is 0 Å². The van der Waals surface area contributed by atoms with Crippen LogP contribution in [-0.4, -0.2) is 17.9 Å². The molecule has 5 heteroatoms. The molecule has 0 bridgehead atoms. The molecule has 0 radical (unpaired) electrons. The molecule has 148 valence electrons. The molecule has 0 saturated heterocycles. The van der Waals surface area contributed by atoms with Crippen molar-refractivity contribution in [3.8, 4) is 5.75 Å². The largest absolute Gasteiger partial charge is 0.491 e. The topological polar surface area (TPSA) is 67.4 Å². The Bertz CT molecular complexity index is 1030. The Morgan fingerprint density at radius 2 is 1.31 bits per heavy atom. The summed E-state index contributed by atoms with van der Waals surface area (Å²) in [6.07, 6.45) is 0.0249. The number of aryl methyl sites for hydroxylation is 1. The summed E-state index contributed by atoms with van der Waals surface area (Å²) in [4.78, 5) is 25.1. The lowest BCUT2D eigenvalue weighted by molar-refractivity contribution is 0.101.